The Morgan fingerprint density at radius 2 is 1.82 bits per heavy atom. The molecule has 142 valence electrons. The van der Waals surface area contributed by atoms with Crippen molar-refractivity contribution in [3.05, 3.63) is 84.3 Å². The maximum absolute atomic E-state index is 11.1. The van der Waals surface area contributed by atoms with Gasteiger partial charge in [-0.15, -0.1) is 0 Å². The lowest BCUT2D eigenvalue weighted by atomic mass is 10.0. The van der Waals surface area contributed by atoms with E-state index in [0.717, 1.165) is 17.8 Å². The molecule has 0 radical (unpaired) electrons. The maximum Gasteiger partial charge on any atom is 0.224 e. The Balaban J connectivity index is 1.60. The van der Waals surface area contributed by atoms with Crippen molar-refractivity contribution in [2.75, 3.05) is 10.6 Å². The van der Waals surface area contributed by atoms with E-state index in [1.807, 2.05) is 36.4 Å². The molecule has 0 atom stereocenters. The van der Waals surface area contributed by atoms with Gasteiger partial charge in [-0.3, -0.25) is 4.79 Å². The van der Waals surface area contributed by atoms with Crippen molar-refractivity contribution >= 4 is 17.4 Å². The van der Waals surface area contributed by atoms with Crippen LogP contribution in [-0.2, 0) is 11.2 Å². The van der Waals surface area contributed by atoms with Gasteiger partial charge in [0, 0.05) is 30.8 Å². The fourth-order valence-electron chi connectivity index (χ4n) is 2.66. The van der Waals surface area contributed by atoms with E-state index < -0.39 is 0 Å². The van der Waals surface area contributed by atoms with Gasteiger partial charge in [0.25, 0.3) is 0 Å². The molecule has 0 spiro atoms. The van der Waals surface area contributed by atoms with Gasteiger partial charge in [0.2, 0.25) is 11.8 Å². The third-order valence-corrected chi connectivity index (χ3v) is 4.01. The van der Waals surface area contributed by atoms with Crippen LogP contribution in [0.3, 0.4) is 0 Å². The van der Waals surface area contributed by atoms with Gasteiger partial charge in [-0.1, -0.05) is 30.8 Å². The van der Waals surface area contributed by atoms with Crippen molar-refractivity contribution in [3.8, 4) is 11.6 Å². The third-order valence-electron chi connectivity index (χ3n) is 4.01. The van der Waals surface area contributed by atoms with Crippen molar-refractivity contribution in [1.82, 2.24) is 9.97 Å². The van der Waals surface area contributed by atoms with Gasteiger partial charge >= 0.3 is 0 Å². The minimum atomic E-state index is -0.203. The normalized spacial score (nSPS) is 10.2. The first kappa shape index (κ1) is 19.1. The Morgan fingerprint density at radius 3 is 2.54 bits per heavy atom. The second-order valence-electron chi connectivity index (χ2n) is 6.38. The summed E-state index contributed by atoms with van der Waals surface area (Å²) in [5.74, 6) is 1.17. The van der Waals surface area contributed by atoms with Gasteiger partial charge in [0.1, 0.15) is 17.9 Å². The molecule has 1 amide bonds. The van der Waals surface area contributed by atoms with Crippen molar-refractivity contribution < 1.29 is 9.53 Å². The van der Waals surface area contributed by atoms with E-state index in [1.54, 1.807) is 6.07 Å². The standard InChI is InChI=1S/C22H22N4O2/c1-15-6-4-5-7-18(15)12-16(2)25-19-8-10-20(11-9-19)28-22-13-21(23-14-24-22)26-17(3)27/h4-11,13-14,25H,2,12H2,1,3H3,(H,23,24,26,27). The third kappa shape index (κ3) is 5.41. The first-order chi connectivity index (χ1) is 13.5. The Kier molecular flexibility index (Phi) is 6.01. The van der Waals surface area contributed by atoms with Gasteiger partial charge in [0.15, 0.2) is 0 Å². The van der Waals surface area contributed by atoms with Crippen LogP contribution >= 0.6 is 0 Å². The fourth-order valence-corrected chi connectivity index (χ4v) is 2.66. The molecule has 0 saturated carbocycles. The van der Waals surface area contributed by atoms with Crippen LogP contribution in [0.4, 0.5) is 11.5 Å². The molecule has 1 heterocycles. The predicted octanol–water partition coefficient (Wildman–Crippen LogP) is 4.70. The summed E-state index contributed by atoms with van der Waals surface area (Å²) in [5, 5.41) is 5.91. The summed E-state index contributed by atoms with van der Waals surface area (Å²) >= 11 is 0. The Labute approximate surface area is 164 Å². The molecule has 0 fully saturated rings. The fraction of sp³-hybridized carbons (Fsp3) is 0.136. The lowest BCUT2D eigenvalue weighted by molar-refractivity contribution is -0.114. The Bertz CT molecular complexity index is 984. The summed E-state index contributed by atoms with van der Waals surface area (Å²) in [6.07, 6.45) is 2.10. The van der Waals surface area contributed by atoms with Crippen molar-refractivity contribution in [1.29, 1.82) is 0 Å². The molecule has 0 unspecified atom stereocenters. The Morgan fingerprint density at radius 1 is 1.07 bits per heavy atom. The molecular weight excluding hydrogens is 352 g/mol. The van der Waals surface area contributed by atoms with Crippen LogP contribution in [0.15, 0.2) is 73.2 Å². The summed E-state index contributed by atoms with van der Waals surface area (Å²) in [7, 11) is 0. The monoisotopic (exact) mass is 374 g/mol. The average Bonchev–Trinajstić information content (AvgIpc) is 2.65. The molecule has 2 N–H and O–H groups in total. The van der Waals surface area contributed by atoms with E-state index in [0.29, 0.717) is 17.4 Å². The second kappa shape index (κ2) is 8.81. The summed E-state index contributed by atoms with van der Waals surface area (Å²) in [6, 6.07) is 17.3. The number of aromatic nitrogens is 2. The highest BCUT2D eigenvalue weighted by atomic mass is 16.5. The predicted molar refractivity (Wildman–Crippen MR) is 110 cm³/mol. The largest absolute Gasteiger partial charge is 0.439 e. The van der Waals surface area contributed by atoms with Crippen LogP contribution in [0.25, 0.3) is 0 Å². The number of carbonyl (C=O) groups is 1. The number of ether oxygens (including phenoxy) is 1. The summed E-state index contributed by atoms with van der Waals surface area (Å²) < 4.78 is 5.72. The number of hydrogen-bond acceptors (Lipinski definition) is 5. The lowest BCUT2D eigenvalue weighted by Gasteiger charge is -2.12. The van der Waals surface area contributed by atoms with Crippen LogP contribution in [0, 0.1) is 6.92 Å². The van der Waals surface area contributed by atoms with Crippen LogP contribution < -0.4 is 15.4 Å². The number of anilines is 2. The zero-order valence-corrected chi connectivity index (χ0v) is 15.9. The highest BCUT2D eigenvalue weighted by Gasteiger charge is 2.05. The molecule has 6 nitrogen and oxygen atoms in total. The summed E-state index contributed by atoms with van der Waals surface area (Å²) in [4.78, 5) is 19.1. The number of amides is 1. The number of nitrogens with zero attached hydrogens (tertiary/aromatic N) is 2. The quantitative estimate of drug-likeness (QED) is 0.627. The molecule has 0 aliphatic rings. The molecule has 3 rings (SSSR count). The minimum absolute atomic E-state index is 0.203. The zero-order valence-electron chi connectivity index (χ0n) is 15.9. The summed E-state index contributed by atoms with van der Waals surface area (Å²) in [5.41, 5.74) is 4.34. The first-order valence-electron chi connectivity index (χ1n) is 8.86. The van der Waals surface area contributed by atoms with E-state index in [2.05, 4.69) is 46.2 Å². The molecule has 0 aliphatic carbocycles. The van der Waals surface area contributed by atoms with E-state index in [4.69, 9.17) is 4.74 Å². The zero-order chi connectivity index (χ0) is 19.9. The molecule has 1 aromatic heterocycles. The van der Waals surface area contributed by atoms with E-state index in [9.17, 15) is 4.79 Å². The Hall–Kier alpha value is -3.67. The average molecular weight is 374 g/mol. The maximum atomic E-state index is 11.1. The van der Waals surface area contributed by atoms with Gasteiger partial charge in [-0.05, 0) is 42.3 Å². The van der Waals surface area contributed by atoms with E-state index >= 15 is 0 Å². The number of aryl methyl sites for hydroxylation is 1. The molecule has 0 saturated heterocycles. The van der Waals surface area contributed by atoms with E-state index in [1.165, 1.54) is 24.4 Å². The van der Waals surface area contributed by atoms with Crippen molar-refractivity contribution in [2.45, 2.75) is 20.3 Å². The number of allylic oxidation sites excluding steroid dienone is 1. The number of benzene rings is 2. The smallest absolute Gasteiger partial charge is 0.224 e. The molecule has 6 heteroatoms. The van der Waals surface area contributed by atoms with E-state index in [-0.39, 0.29) is 5.91 Å². The van der Waals surface area contributed by atoms with Crippen LogP contribution in [-0.4, -0.2) is 15.9 Å². The van der Waals surface area contributed by atoms with Crippen LogP contribution in [0.2, 0.25) is 0 Å². The lowest BCUT2D eigenvalue weighted by Crippen LogP contribution is -2.07. The molecule has 28 heavy (non-hydrogen) atoms. The molecular formula is C22H22N4O2. The van der Waals surface area contributed by atoms with Crippen molar-refractivity contribution in [3.63, 3.8) is 0 Å². The van der Waals surface area contributed by atoms with Gasteiger partial charge in [0.05, 0.1) is 0 Å². The topological polar surface area (TPSA) is 76.1 Å². The molecule has 0 aliphatic heterocycles. The number of carbonyl (C=O) groups excluding carboxylic acids is 1. The molecule has 0 bridgehead atoms. The van der Waals surface area contributed by atoms with Crippen LogP contribution in [0.5, 0.6) is 11.6 Å². The number of hydrogen-bond donors (Lipinski definition) is 2. The minimum Gasteiger partial charge on any atom is -0.439 e. The first-order valence-corrected chi connectivity index (χ1v) is 8.86. The molecule has 3 aromatic rings. The van der Waals surface area contributed by atoms with Crippen molar-refractivity contribution in [2.24, 2.45) is 0 Å². The number of rotatable bonds is 7. The molecule has 2 aromatic carbocycles. The SMILES string of the molecule is C=C(Cc1ccccc1C)Nc1ccc(Oc2cc(NC(C)=O)ncn2)cc1. The highest BCUT2D eigenvalue weighted by Crippen LogP contribution is 2.23. The number of nitrogens with one attached hydrogen (secondary N) is 2. The highest BCUT2D eigenvalue weighted by molar-refractivity contribution is 5.87. The summed E-state index contributed by atoms with van der Waals surface area (Å²) in [6.45, 7) is 7.63. The van der Waals surface area contributed by atoms with Gasteiger partial charge < -0.3 is 15.4 Å². The van der Waals surface area contributed by atoms with Gasteiger partial charge in [-0.2, -0.15) is 0 Å². The van der Waals surface area contributed by atoms with Gasteiger partial charge in [-0.25, -0.2) is 9.97 Å². The second-order valence-corrected chi connectivity index (χ2v) is 6.38. The van der Waals surface area contributed by atoms with Crippen LogP contribution in [0.1, 0.15) is 18.1 Å².